The molecule has 108 valence electrons. The van der Waals surface area contributed by atoms with Crippen molar-refractivity contribution in [1.82, 2.24) is 4.90 Å². The van der Waals surface area contributed by atoms with E-state index in [1.54, 1.807) is 0 Å². The van der Waals surface area contributed by atoms with Crippen LogP contribution in [0.5, 0.6) is 0 Å². The summed E-state index contributed by atoms with van der Waals surface area (Å²) in [5.74, 6) is 0.367. The third-order valence-corrected chi connectivity index (χ3v) is 3.73. The average Bonchev–Trinajstić information content (AvgIpc) is 2.26. The number of rotatable bonds is 2. The van der Waals surface area contributed by atoms with Gasteiger partial charge in [0.1, 0.15) is 0 Å². The van der Waals surface area contributed by atoms with E-state index >= 15 is 0 Å². The van der Waals surface area contributed by atoms with Crippen LogP contribution in [0.2, 0.25) is 0 Å². The van der Waals surface area contributed by atoms with Gasteiger partial charge in [0, 0.05) is 13.1 Å². The van der Waals surface area contributed by atoms with Crippen LogP contribution >= 0.6 is 12.4 Å². The van der Waals surface area contributed by atoms with Crippen molar-refractivity contribution in [2.45, 2.75) is 52.7 Å². The molecule has 0 aliphatic carbocycles. The van der Waals surface area contributed by atoms with Crippen LogP contribution in [-0.2, 0) is 4.79 Å². The number of carbonyl (C=O) groups is 1. The highest BCUT2D eigenvalue weighted by Crippen LogP contribution is 2.24. The minimum Gasteiger partial charge on any atom is -0.393 e. The number of piperidine rings is 1. The van der Waals surface area contributed by atoms with E-state index in [9.17, 15) is 9.90 Å². The second kappa shape index (κ2) is 6.73. The van der Waals surface area contributed by atoms with Crippen molar-refractivity contribution in [3.8, 4) is 0 Å². The number of aliphatic hydroxyl groups excluding tert-OH is 1. The number of hydrogen-bond donors (Lipinski definition) is 2. The zero-order valence-corrected chi connectivity index (χ0v) is 12.7. The highest BCUT2D eigenvalue weighted by Gasteiger charge is 2.33. The maximum Gasteiger partial charge on any atom is 0.240 e. The number of amides is 1. The molecule has 18 heavy (non-hydrogen) atoms. The first-order chi connectivity index (χ1) is 7.73. The molecule has 0 aromatic rings. The largest absolute Gasteiger partial charge is 0.393 e. The molecule has 5 heteroatoms. The molecule has 0 aromatic carbocycles. The second-order valence-electron chi connectivity index (χ2n) is 6.25. The van der Waals surface area contributed by atoms with Crippen LogP contribution in [0.3, 0.4) is 0 Å². The van der Waals surface area contributed by atoms with Gasteiger partial charge < -0.3 is 15.7 Å². The van der Waals surface area contributed by atoms with Crippen LogP contribution in [0.4, 0.5) is 0 Å². The first kappa shape index (κ1) is 17.7. The van der Waals surface area contributed by atoms with Crippen LogP contribution in [0.15, 0.2) is 0 Å². The number of nitrogens with two attached hydrogens (primary N) is 1. The van der Waals surface area contributed by atoms with Gasteiger partial charge in [0.15, 0.2) is 0 Å². The minimum absolute atomic E-state index is 0. The molecule has 1 rings (SSSR count). The third kappa shape index (κ3) is 4.41. The van der Waals surface area contributed by atoms with Crippen molar-refractivity contribution in [3.05, 3.63) is 0 Å². The summed E-state index contributed by atoms with van der Waals surface area (Å²) in [4.78, 5) is 14.0. The van der Waals surface area contributed by atoms with E-state index < -0.39 is 6.04 Å². The molecule has 1 fully saturated rings. The summed E-state index contributed by atoms with van der Waals surface area (Å²) in [7, 11) is 0. The third-order valence-electron chi connectivity index (χ3n) is 3.73. The standard InChI is InChI=1S/C13H26N2O2.ClH/c1-9(16)10-5-7-15(8-6-10)12(17)11(14)13(2,3)4;/h9-11,16H,5-8,14H2,1-4H3;1H/t9?,11-;/m1./s1. The monoisotopic (exact) mass is 278 g/mol. The Balaban J connectivity index is 0.00000289. The number of hydrogen-bond acceptors (Lipinski definition) is 3. The Morgan fingerprint density at radius 3 is 2.11 bits per heavy atom. The van der Waals surface area contributed by atoms with Crippen LogP contribution in [-0.4, -0.2) is 41.1 Å². The molecular formula is C13H27ClN2O2. The predicted molar refractivity (Wildman–Crippen MR) is 75.7 cm³/mol. The first-order valence-electron chi connectivity index (χ1n) is 6.46. The van der Waals surface area contributed by atoms with Crippen molar-refractivity contribution < 1.29 is 9.90 Å². The van der Waals surface area contributed by atoms with Gasteiger partial charge in [-0.2, -0.15) is 0 Å². The molecule has 0 bridgehead atoms. The smallest absolute Gasteiger partial charge is 0.240 e. The van der Waals surface area contributed by atoms with Gasteiger partial charge in [-0.25, -0.2) is 0 Å². The number of carbonyl (C=O) groups excluding carboxylic acids is 1. The van der Waals surface area contributed by atoms with Gasteiger partial charge in [0.25, 0.3) is 0 Å². The van der Waals surface area contributed by atoms with Crippen molar-refractivity contribution in [3.63, 3.8) is 0 Å². The quantitative estimate of drug-likeness (QED) is 0.802. The minimum atomic E-state index is -0.439. The van der Waals surface area contributed by atoms with Gasteiger partial charge in [-0.1, -0.05) is 20.8 Å². The Hall–Kier alpha value is -0.320. The molecule has 1 amide bonds. The summed E-state index contributed by atoms with van der Waals surface area (Å²) in [6, 6.07) is -0.439. The van der Waals surface area contributed by atoms with E-state index in [4.69, 9.17) is 5.73 Å². The van der Waals surface area contributed by atoms with E-state index in [1.165, 1.54) is 0 Å². The van der Waals surface area contributed by atoms with Crippen molar-refractivity contribution in [1.29, 1.82) is 0 Å². The van der Waals surface area contributed by atoms with Crippen molar-refractivity contribution in [2.75, 3.05) is 13.1 Å². The van der Waals surface area contributed by atoms with Gasteiger partial charge in [-0.05, 0) is 31.1 Å². The number of halogens is 1. The lowest BCUT2D eigenvalue weighted by Crippen LogP contribution is -2.52. The fourth-order valence-electron chi connectivity index (χ4n) is 2.17. The Labute approximate surface area is 116 Å². The summed E-state index contributed by atoms with van der Waals surface area (Å²) in [6.07, 6.45) is 1.48. The maximum atomic E-state index is 12.2. The number of likely N-dealkylation sites (tertiary alicyclic amines) is 1. The SMILES string of the molecule is CC(O)C1CCN(C(=O)[C@@H](N)C(C)(C)C)CC1.Cl. The molecule has 2 atom stereocenters. The summed E-state index contributed by atoms with van der Waals surface area (Å²) in [6.45, 7) is 9.22. The van der Waals surface area contributed by atoms with Gasteiger partial charge >= 0.3 is 0 Å². The Morgan fingerprint density at radius 2 is 1.78 bits per heavy atom. The summed E-state index contributed by atoms with van der Waals surface area (Å²) < 4.78 is 0. The van der Waals surface area contributed by atoms with E-state index in [2.05, 4.69) is 0 Å². The fraction of sp³-hybridized carbons (Fsp3) is 0.923. The molecular weight excluding hydrogens is 252 g/mol. The molecule has 0 radical (unpaired) electrons. The van der Waals surface area contributed by atoms with E-state index in [1.807, 2.05) is 32.6 Å². The van der Waals surface area contributed by atoms with E-state index in [-0.39, 0.29) is 29.8 Å². The van der Waals surface area contributed by atoms with Crippen LogP contribution < -0.4 is 5.73 Å². The van der Waals surface area contributed by atoms with Gasteiger partial charge in [-0.15, -0.1) is 12.4 Å². The molecule has 1 aliphatic heterocycles. The highest BCUT2D eigenvalue weighted by molar-refractivity contribution is 5.85. The Kier molecular flexibility index (Phi) is 6.61. The summed E-state index contributed by atoms with van der Waals surface area (Å²) in [5, 5.41) is 9.51. The molecule has 1 heterocycles. The lowest BCUT2D eigenvalue weighted by atomic mass is 9.85. The van der Waals surface area contributed by atoms with Gasteiger partial charge in [0.05, 0.1) is 12.1 Å². The lowest BCUT2D eigenvalue weighted by molar-refractivity contribution is -0.136. The van der Waals surface area contributed by atoms with Gasteiger partial charge in [0.2, 0.25) is 5.91 Å². The zero-order valence-electron chi connectivity index (χ0n) is 11.8. The molecule has 1 unspecified atom stereocenters. The lowest BCUT2D eigenvalue weighted by Gasteiger charge is -2.37. The Bertz CT molecular complexity index is 269. The van der Waals surface area contributed by atoms with Gasteiger partial charge in [-0.3, -0.25) is 4.79 Å². The fourth-order valence-corrected chi connectivity index (χ4v) is 2.17. The molecule has 0 aromatic heterocycles. The second-order valence-corrected chi connectivity index (χ2v) is 6.25. The Morgan fingerprint density at radius 1 is 1.33 bits per heavy atom. The van der Waals surface area contributed by atoms with Crippen LogP contribution in [0, 0.1) is 11.3 Å². The number of aliphatic hydroxyl groups is 1. The molecule has 0 spiro atoms. The summed E-state index contributed by atoms with van der Waals surface area (Å²) in [5.41, 5.74) is 5.78. The predicted octanol–water partition coefficient (Wildman–Crippen LogP) is 1.40. The first-order valence-corrected chi connectivity index (χ1v) is 6.46. The van der Waals surface area contributed by atoms with Crippen LogP contribution in [0.25, 0.3) is 0 Å². The zero-order chi connectivity index (χ0) is 13.2. The van der Waals surface area contributed by atoms with Crippen molar-refractivity contribution in [2.24, 2.45) is 17.1 Å². The average molecular weight is 279 g/mol. The maximum absolute atomic E-state index is 12.2. The molecule has 1 aliphatic rings. The van der Waals surface area contributed by atoms with Crippen LogP contribution in [0.1, 0.15) is 40.5 Å². The molecule has 3 N–H and O–H groups in total. The highest BCUT2D eigenvalue weighted by atomic mass is 35.5. The van der Waals surface area contributed by atoms with E-state index in [0.717, 1.165) is 25.9 Å². The van der Waals surface area contributed by atoms with Crippen molar-refractivity contribution >= 4 is 18.3 Å². The molecule has 4 nitrogen and oxygen atoms in total. The topological polar surface area (TPSA) is 66.6 Å². The molecule has 0 saturated carbocycles. The molecule has 1 saturated heterocycles. The summed E-state index contributed by atoms with van der Waals surface area (Å²) >= 11 is 0. The van der Waals surface area contributed by atoms with E-state index in [0.29, 0.717) is 5.92 Å². The normalized spacial score (nSPS) is 21.1. The number of nitrogens with zero attached hydrogens (tertiary/aromatic N) is 1.